The van der Waals surface area contributed by atoms with Gasteiger partial charge in [-0.3, -0.25) is 0 Å². The van der Waals surface area contributed by atoms with Crippen LogP contribution in [0.3, 0.4) is 0 Å². The average molecular weight is 250 g/mol. The van der Waals surface area contributed by atoms with E-state index in [0.717, 1.165) is 6.07 Å². The lowest BCUT2D eigenvalue weighted by atomic mass is 10.1. The van der Waals surface area contributed by atoms with Crippen molar-refractivity contribution in [1.29, 1.82) is 0 Å². The van der Waals surface area contributed by atoms with Crippen LogP contribution >= 0.6 is 15.9 Å². The molecule has 1 nitrogen and oxygen atoms in total. The van der Waals surface area contributed by atoms with Gasteiger partial charge in [-0.2, -0.15) is 0 Å². The smallest absolute Gasteiger partial charge is 0.140 e. The molecule has 0 aliphatic heterocycles. The zero-order chi connectivity index (χ0) is 9.84. The van der Waals surface area contributed by atoms with E-state index in [2.05, 4.69) is 21.2 Å². The molecule has 0 atom stereocenters. The minimum atomic E-state index is -0.550. The second-order valence-electron chi connectivity index (χ2n) is 2.71. The molecule has 1 rings (SSSR count). The van der Waals surface area contributed by atoms with Gasteiger partial charge in [0.25, 0.3) is 0 Å². The fourth-order valence-corrected chi connectivity index (χ4v) is 1.48. The molecule has 0 saturated carbocycles. The third-order valence-electron chi connectivity index (χ3n) is 1.71. The number of hydrogen-bond donors (Lipinski definition) is 1. The van der Waals surface area contributed by atoms with Gasteiger partial charge >= 0.3 is 0 Å². The quantitative estimate of drug-likeness (QED) is 0.812. The summed E-state index contributed by atoms with van der Waals surface area (Å²) >= 11 is 3.08. The monoisotopic (exact) mass is 249 g/mol. The van der Waals surface area contributed by atoms with Crippen LogP contribution < -0.4 is 5.32 Å². The van der Waals surface area contributed by atoms with E-state index in [1.807, 2.05) is 0 Å². The predicted octanol–water partition coefficient (Wildman–Crippen LogP) is 2.49. The lowest BCUT2D eigenvalue weighted by Crippen LogP contribution is -2.11. The van der Waals surface area contributed by atoms with Crippen LogP contribution in [0.1, 0.15) is 5.56 Å². The third kappa shape index (κ3) is 2.74. The summed E-state index contributed by atoms with van der Waals surface area (Å²) in [6.45, 7) is 0.696. The highest BCUT2D eigenvalue weighted by Crippen LogP contribution is 2.22. The Labute approximate surface area is 84.3 Å². The normalized spacial score (nSPS) is 10.5. The van der Waals surface area contributed by atoms with Crippen molar-refractivity contribution >= 4 is 15.9 Å². The summed E-state index contributed by atoms with van der Waals surface area (Å²) in [5.74, 6) is -1.09. The molecule has 72 valence electrons. The van der Waals surface area contributed by atoms with E-state index in [1.165, 1.54) is 6.07 Å². The van der Waals surface area contributed by atoms with E-state index in [1.54, 1.807) is 7.05 Å². The number of halogens is 3. The maximum Gasteiger partial charge on any atom is 0.140 e. The molecule has 0 amide bonds. The van der Waals surface area contributed by atoms with Crippen LogP contribution in [0.15, 0.2) is 16.6 Å². The summed E-state index contributed by atoms with van der Waals surface area (Å²) in [6, 6.07) is 2.21. The van der Waals surface area contributed by atoms with Crippen LogP contribution in [0.25, 0.3) is 0 Å². The summed E-state index contributed by atoms with van der Waals surface area (Å²) in [5, 5.41) is 2.92. The highest BCUT2D eigenvalue weighted by molar-refractivity contribution is 9.10. The molecule has 0 heterocycles. The zero-order valence-corrected chi connectivity index (χ0v) is 8.79. The number of hydrogen-bond acceptors (Lipinski definition) is 1. The van der Waals surface area contributed by atoms with Gasteiger partial charge in [0.2, 0.25) is 0 Å². The average Bonchev–Trinajstić information content (AvgIpc) is 2.09. The molecule has 0 aromatic heterocycles. The van der Waals surface area contributed by atoms with E-state index in [0.29, 0.717) is 23.0 Å². The van der Waals surface area contributed by atoms with Crippen molar-refractivity contribution < 1.29 is 8.78 Å². The van der Waals surface area contributed by atoms with Crippen molar-refractivity contribution in [2.24, 2.45) is 0 Å². The first kappa shape index (κ1) is 10.6. The Kier molecular flexibility index (Phi) is 3.81. The van der Waals surface area contributed by atoms with Crippen LogP contribution in [0.4, 0.5) is 8.78 Å². The van der Waals surface area contributed by atoms with E-state index >= 15 is 0 Å². The molecule has 1 aromatic rings. The van der Waals surface area contributed by atoms with Gasteiger partial charge in [0, 0.05) is 6.07 Å². The van der Waals surface area contributed by atoms with Gasteiger partial charge in [-0.15, -0.1) is 0 Å². The highest BCUT2D eigenvalue weighted by atomic mass is 79.9. The standard InChI is InChI=1S/C9H10BrF2N/c1-13-3-2-6-4-7(11)5-8(12)9(6)10/h4-5,13H,2-3H2,1H3. The van der Waals surface area contributed by atoms with Crippen molar-refractivity contribution in [3.63, 3.8) is 0 Å². The molecule has 1 aromatic carbocycles. The topological polar surface area (TPSA) is 12.0 Å². The van der Waals surface area contributed by atoms with Crippen molar-refractivity contribution in [1.82, 2.24) is 5.32 Å². The molecule has 0 spiro atoms. The molecule has 0 radical (unpaired) electrons. The lowest BCUT2D eigenvalue weighted by Gasteiger charge is -2.05. The van der Waals surface area contributed by atoms with Gasteiger partial charge in [-0.1, -0.05) is 0 Å². The van der Waals surface area contributed by atoms with E-state index in [4.69, 9.17) is 0 Å². The van der Waals surface area contributed by atoms with Crippen LogP contribution in [-0.4, -0.2) is 13.6 Å². The molecule has 0 saturated heterocycles. The minimum absolute atomic E-state index is 0.351. The number of likely N-dealkylation sites (N-methyl/N-ethyl adjacent to an activating group) is 1. The highest BCUT2D eigenvalue weighted by Gasteiger charge is 2.07. The Hall–Kier alpha value is -0.480. The van der Waals surface area contributed by atoms with Crippen LogP contribution in [0, 0.1) is 11.6 Å². The Bertz CT molecular complexity index is 302. The van der Waals surface area contributed by atoms with Crippen molar-refractivity contribution in [2.75, 3.05) is 13.6 Å². The second-order valence-corrected chi connectivity index (χ2v) is 3.51. The molecule has 0 aliphatic rings. The Morgan fingerprint density at radius 2 is 2.08 bits per heavy atom. The summed E-state index contributed by atoms with van der Waals surface area (Å²) < 4.78 is 26.1. The van der Waals surface area contributed by atoms with Gasteiger partial charge in [0.05, 0.1) is 4.47 Å². The largest absolute Gasteiger partial charge is 0.319 e. The maximum atomic E-state index is 13.0. The van der Waals surface area contributed by atoms with E-state index < -0.39 is 11.6 Å². The maximum absolute atomic E-state index is 13.0. The fraction of sp³-hybridized carbons (Fsp3) is 0.333. The first-order valence-electron chi connectivity index (χ1n) is 3.93. The third-order valence-corrected chi connectivity index (χ3v) is 2.60. The Morgan fingerprint density at radius 3 is 2.69 bits per heavy atom. The fourth-order valence-electron chi connectivity index (χ4n) is 1.05. The molecule has 0 fully saturated rings. The minimum Gasteiger partial charge on any atom is -0.319 e. The molecule has 0 unspecified atom stereocenters. The molecule has 0 bridgehead atoms. The SMILES string of the molecule is CNCCc1cc(F)cc(F)c1Br. The Balaban J connectivity index is 2.92. The van der Waals surface area contributed by atoms with E-state index in [-0.39, 0.29) is 0 Å². The molecular weight excluding hydrogens is 240 g/mol. The van der Waals surface area contributed by atoms with Crippen molar-refractivity contribution in [2.45, 2.75) is 6.42 Å². The first-order valence-corrected chi connectivity index (χ1v) is 4.72. The molecule has 0 aliphatic carbocycles. The van der Waals surface area contributed by atoms with Crippen molar-refractivity contribution in [3.8, 4) is 0 Å². The van der Waals surface area contributed by atoms with Crippen LogP contribution in [0.5, 0.6) is 0 Å². The predicted molar refractivity (Wildman–Crippen MR) is 51.7 cm³/mol. The summed E-state index contributed by atoms with van der Waals surface area (Å²) in [6.07, 6.45) is 0.603. The van der Waals surface area contributed by atoms with Crippen molar-refractivity contribution in [3.05, 3.63) is 33.8 Å². The lowest BCUT2D eigenvalue weighted by molar-refractivity contribution is 0.574. The summed E-state index contributed by atoms with van der Waals surface area (Å²) in [5.41, 5.74) is 0.645. The summed E-state index contributed by atoms with van der Waals surface area (Å²) in [4.78, 5) is 0. The van der Waals surface area contributed by atoms with Gasteiger partial charge in [-0.25, -0.2) is 8.78 Å². The number of benzene rings is 1. The molecule has 13 heavy (non-hydrogen) atoms. The van der Waals surface area contributed by atoms with Crippen LogP contribution in [0.2, 0.25) is 0 Å². The molecule has 4 heteroatoms. The summed E-state index contributed by atoms with van der Waals surface area (Å²) in [7, 11) is 1.80. The van der Waals surface area contributed by atoms with Gasteiger partial charge in [-0.05, 0) is 47.6 Å². The molecule has 1 N–H and O–H groups in total. The number of rotatable bonds is 3. The Morgan fingerprint density at radius 1 is 1.38 bits per heavy atom. The number of nitrogens with one attached hydrogen (secondary N) is 1. The van der Waals surface area contributed by atoms with Gasteiger partial charge in [0.1, 0.15) is 11.6 Å². The second kappa shape index (κ2) is 4.67. The zero-order valence-electron chi connectivity index (χ0n) is 7.20. The first-order chi connectivity index (χ1) is 6.15. The van der Waals surface area contributed by atoms with Crippen LogP contribution in [-0.2, 0) is 6.42 Å². The van der Waals surface area contributed by atoms with Gasteiger partial charge < -0.3 is 5.32 Å². The van der Waals surface area contributed by atoms with E-state index in [9.17, 15) is 8.78 Å². The van der Waals surface area contributed by atoms with Gasteiger partial charge in [0.15, 0.2) is 0 Å². The molecular formula is C9H10BrF2N.